The molecule has 0 aliphatic rings. The number of carbonyl (C=O) groups excluding carboxylic acids is 4. The van der Waals surface area contributed by atoms with Crippen molar-refractivity contribution in [2.75, 3.05) is 39.6 Å². The van der Waals surface area contributed by atoms with E-state index in [2.05, 4.69) is 41.5 Å². The van der Waals surface area contributed by atoms with E-state index in [0.29, 0.717) is 25.7 Å². The van der Waals surface area contributed by atoms with E-state index in [1.807, 2.05) is 0 Å². The number of esters is 4. The number of carbonyl (C=O) groups is 4. The zero-order chi connectivity index (χ0) is 72.1. The molecule has 582 valence electrons. The average Bonchev–Trinajstić information content (AvgIpc) is 1.05. The number of ether oxygens (including phenoxy) is 4. The third-order valence-electron chi connectivity index (χ3n) is 18.8. The summed E-state index contributed by atoms with van der Waals surface area (Å²) in [6, 6.07) is 0. The largest absolute Gasteiger partial charge is 0.472 e. The van der Waals surface area contributed by atoms with Crippen LogP contribution in [-0.4, -0.2) is 96.7 Å². The summed E-state index contributed by atoms with van der Waals surface area (Å²) in [5, 5.41) is 10.6. The molecule has 3 unspecified atom stereocenters. The molecule has 3 N–H and O–H groups in total. The van der Waals surface area contributed by atoms with Crippen molar-refractivity contribution in [3.8, 4) is 0 Å². The zero-order valence-corrected chi connectivity index (χ0v) is 65.9. The van der Waals surface area contributed by atoms with Crippen LogP contribution in [0.5, 0.6) is 0 Å². The molecule has 98 heavy (non-hydrogen) atoms. The minimum Gasteiger partial charge on any atom is -0.462 e. The maximum Gasteiger partial charge on any atom is 0.472 e. The molecule has 0 aromatic rings. The van der Waals surface area contributed by atoms with Gasteiger partial charge in [0.05, 0.1) is 26.4 Å². The third-order valence-corrected chi connectivity index (χ3v) is 20.7. The molecule has 17 nitrogen and oxygen atoms in total. The topological polar surface area (TPSA) is 237 Å². The molecule has 0 aromatic heterocycles. The van der Waals surface area contributed by atoms with Crippen LogP contribution >= 0.6 is 15.6 Å². The fourth-order valence-corrected chi connectivity index (χ4v) is 13.7. The molecule has 0 aliphatic carbocycles. The Bertz CT molecular complexity index is 1890. The van der Waals surface area contributed by atoms with Gasteiger partial charge in [0.2, 0.25) is 0 Å². The van der Waals surface area contributed by atoms with Gasteiger partial charge in [-0.3, -0.25) is 37.3 Å². The lowest BCUT2D eigenvalue weighted by Crippen LogP contribution is -2.30. The van der Waals surface area contributed by atoms with Crippen molar-refractivity contribution in [2.45, 2.75) is 432 Å². The molecular weight excluding hydrogens is 1280 g/mol. The van der Waals surface area contributed by atoms with Crippen molar-refractivity contribution in [3.05, 3.63) is 0 Å². The van der Waals surface area contributed by atoms with Crippen LogP contribution in [0.1, 0.15) is 414 Å². The first-order chi connectivity index (χ1) is 47.4. The standard InChI is InChI=1S/C79H154O17P2/c1-7-10-12-14-16-18-20-22-24-25-26-27-29-33-38-46-52-58-64-79(84)95-74(67-89-76(81)61-55-49-43-36-34-30-31-35-41-47-53-59-71(4)5)69-93-97(85,86)91-65-73(80)66-92-98(87,88)94-70-75(68-90-77(82)62-56-50-44-40-39-42-48-54-60-72(6)9-3)96-78(83)63-57-51-45-37-32-28-23-21-19-17-15-13-11-8-2/h71-75,80H,7-70H2,1-6H3,(H,85,86)(H,87,88)/t72?,73-,74-,75-/m1/s1. The van der Waals surface area contributed by atoms with Crippen LogP contribution < -0.4 is 0 Å². The number of phosphoric ester groups is 2. The molecule has 0 fully saturated rings. The number of rotatable bonds is 78. The molecule has 0 saturated heterocycles. The van der Waals surface area contributed by atoms with E-state index >= 15 is 0 Å². The van der Waals surface area contributed by atoms with Crippen molar-refractivity contribution >= 4 is 39.5 Å². The second-order valence-corrected chi connectivity index (χ2v) is 32.1. The molecule has 0 heterocycles. The maximum absolute atomic E-state index is 13.1. The van der Waals surface area contributed by atoms with Gasteiger partial charge in [-0.05, 0) is 37.5 Å². The fraction of sp³-hybridized carbons (Fsp3) is 0.949. The minimum absolute atomic E-state index is 0.108. The Morgan fingerprint density at radius 2 is 0.520 bits per heavy atom. The van der Waals surface area contributed by atoms with Crippen LogP contribution in [0.2, 0.25) is 0 Å². The van der Waals surface area contributed by atoms with Gasteiger partial charge in [-0.25, -0.2) is 9.13 Å². The second kappa shape index (κ2) is 70.7. The highest BCUT2D eigenvalue weighted by Crippen LogP contribution is 2.45. The summed E-state index contributed by atoms with van der Waals surface area (Å²) in [5.41, 5.74) is 0. The monoisotopic (exact) mass is 1440 g/mol. The quantitative estimate of drug-likeness (QED) is 0.0222. The Hall–Kier alpha value is -1.94. The Kier molecular flexibility index (Phi) is 69.3. The highest BCUT2D eigenvalue weighted by molar-refractivity contribution is 7.47. The number of phosphoric acid groups is 2. The molecule has 0 spiro atoms. The van der Waals surface area contributed by atoms with Crippen LogP contribution in [0.3, 0.4) is 0 Å². The normalized spacial score (nSPS) is 14.2. The van der Waals surface area contributed by atoms with E-state index in [1.54, 1.807) is 0 Å². The van der Waals surface area contributed by atoms with Gasteiger partial charge in [-0.2, -0.15) is 0 Å². The summed E-state index contributed by atoms with van der Waals surface area (Å²) in [6.45, 7) is 9.63. The zero-order valence-electron chi connectivity index (χ0n) is 64.1. The minimum atomic E-state index is -4.96. The predicted octanol–water partition coefficient (Wildman–Crippen LogP) is 23.5. The first kappa shape index (κ1) is 96.1. The van der Waals surface area contributed by atoms with E-state index in [9.17, 15) is 43.2 Å². The molecule has 0 radical (unpaired) electrons. The van der Waals surface area contributed by atoms with E-state index in [-0.39, 0.29) is 25.7 Å². The van der Waals surface area contributed by atoms with E-state index in [4.69, 9.17) is 37.0 Å². The smallest absolute Gasteiger partial charge is 0.462 e. The molecule has 0 amide bonds. The van der Waals surface area contributed by atoms with Crippen molar-refractivity contribution in [1.82, 2.24) is 0 Å². The van der Waals surface area contributed by atoms with Crippen molar-refractivity contribution in [2.24, 2.45) is 11.8 Å². The summed E-state index contributed by atoms with van der Waals surface area (Å²) >= 11 is 0. The number of hydrogen-bond acceptors (Lipinski definition) is 15. The molecule has 0 rings (SSSR count). The van der Waals surface area contributed by atoms with E-state index in [0.717, 1.165) is 102 Å². The van der Waals surface area contributed by atoms with Gasteiger partial charge in [-0.1, -0.05) is 363 Å². The van der Waals surface area contributed by atoms with Crippen molar-refractivity contribution in [1.29, 1.82) is 0 Å². The maximum atomic E-state index is 13.1. The Morgan fingerprint density at radius 1 is 0.296 bits per heavy atom. The first-order valence-electron chi connectivity index (χ1n) is 41.0. The molecule has 19 heteroatoms. The van der Waals surface area contributed by atoms with E-state index < -0.39 is 97.5 Å². The summed E-state index contributed by atoms with van der Waals surface area (Å²) in [5.74, 6) is -0.561. The Balaban J connectivity index is 5.26. The number of aliphatic hydroxyl groups is 1. The molecule has 0 bridgehead atoms. The highest BCUT2D eigenvalue weighted by atomic mass is 31.2. The summed E-state index contributed by atoms with van der Waals surface area (Å²) in [6.07, 6.45) is 59.5. The molecule has 0 aromatic carbocycles. The van der Waals surface area contributed by atoms with Crippen molar-refractivity contribution < 1.29 is 80.2 Å². The lowest BCUT2D eigenvalue weighted by Gasteiger charge is -2.21. The van der Waals surface area contributed by atoms with Crippen molar-refractivity contribution in [3.63, 3.8) is 0 Å². The number of hydrogen-bond donors (Lipinski definition) is 3. The van der Waals surface area contributed by atoms with Gasteiger partial charge in [0.15, 0.2) is 12.2 Å². The van der Waals surface area contributed by atoms with Gasteiger partial charge in [0.1, 0.15) is 19.3 Å². The number of unbranched alkanes of at least 4 members (excludes halogenated alkanes) is 47. The summed E-state index contributed by atoms with van der Waals surface area (Å²) < 4.78 is 68.7. The molecular formula is C79H154O17P2. The van der Waals surface area contributed by atoms with Crippen LogP contribution in [0, 0.1) is 11.8 Å². The second-order valence-electron chi connectivity index (χ2n) is 29.2. The molecule has 0 aliphatic heterocycles. The van der Waals surface area contributed by atoms with Crippen LogP contribution in [0.4, 0.5) is 0 Å². The molecule has 6 atom stereocenters. The summed E-state index contributed by atoms with van der Waals surface area (Å²) in [7, 11) is -9.92. The van der Waals surface area contributed by atoms with Gasteiger partial charge >= 0.3 is 39.5 Å². The Morgan fingerprint density at radius 3 is 0.776 bits per heavy atom. The fourth-order valence-electron chi connectivity index (χ4n) is 12.2. The summed E-state index contributed by atoms with van der Waals surface area (Å²) in [4.78, 5) is 73.0. The molecule has 0 saturated carbocycles. The van der Waals surface area contributed by atoms with Crippen LogP contribution in [0.25, 0.3) is 0 Å². The number of aliphatic hydroxyl groups excluding tert-OH is 1. The van der Waals surface area contributed by atoms with Gasteiger partial charge in [0.25, 0.3) is 0 Å². The lowest BCUT2D eigenvalue weighted by molar-refractivity contribution is -0.161. The van der Waals surface area contributed by atoms with E-state index in [1.165, 1.54) is 231 Å². The SMILES string of the molecule is CCCCCCCCCCCCCCCCCCCCC(=O)O[C@H](COC(=O)CCCCCCCCCCCCCC(C)C)COP(=O)(O)OC[C@@H](O)COP(=O)(O)OC[C@@H](COC(=O)CCCCCCCCCCC(C)CC)OC(=O)CCCCCCCCCCCCCCCC. The van der Waals surface area contributed by atoms with Gasteiger partial charge < -0.3 is 33.8 Å². The third kappa shape index (κ3) is 71.1. The van der Waals surface area contributed by atoms with Crippen LogP contribution in [0.15, 0.2) is 0 Å². The van der Waals surface area contributed by atoms with Gasteiger partial charge in [-0.15, -0.1) is 0 Å². The van der Waals surface area contributed by atoms with Crippen LogP contribution in [-0.2, 0) is 65.4 Å². The Labute approximate surface area is 600 Å². The predicted molar refractivity (Wildman–Crippen MR) is 400 cm³/mol. The van der Waals surface area contributed by atoms with Gasteiger partial charge in [0, 0.05) is 25.7 Å². The first-order valence-corrected chi connectivity index (χ1v) is 44.0. The highest BCUT2D eigenvalue weighted by Gasteiger charge is 2.30. The average molecular weight is 1440 g/mol. The lowest BCUT2D eigenvalue weighted by atomic mass is 9.99.